The van der Waals surface area contributed by atoms with Gasteiger partial charge in [0.15, 0.2) is 12.0 Å². The number of likely N-dealkylation sites (tertiary alicyclic amines) is 1. The van der Waals surface area contributed by atoms with Gasteiger partial charge in [-0.3, -0.25) is 38.6 Å². The first-order valence-electron chi connectivity index (χ1n) is 19.3. The molecule has 16 N–H and O–H groups in total. The number of aromatic hydroxyl groups is 1. The van der Waals surface area contributed by atoms with Gasteiger partial charge in [-0.2, -0.15) is 11.8 Å². The summed E-state index contributed by atoms with van der Waals surface area (Å²) in [4.78, 5) is 110. The Morgan fingerprint density at radius 2 is 1.42 bits per heavy atom. The Labute approximate surface area is 351 Å². The number of primary amides is 1. The third kappa shape index (κ3) is 16.9. The third-order valence-corrected chi connectivity index (χ3v) is 10.1. The highest BCUT2D eigenvalue weighted by atomic mass is 32.2. The first kappa shape index (κ1) is 50.5. The minimum atomic E-state index is -1.74. The summed E-state index contributed by atoms with van der Waals surface area (Å²) in [5.41, 5.74) is 22.3. The maximum Gasteiger partial charge on any atom is 0.328 e. The molecule has 7 amide bonds. The molecule has 1 aliphatic rings. The quantitative estimate of drug-likeness (QED) is 0.0255. The molecule has 22 nitrogen and oxygen atoms in total. The number of rotatable bonds is 25. The molecule has 0 bridgehead atoms. The van der Waals surface area contributed by atoms with E-state index in [4.69, 9.17) is 22.9 Å². The predicted octanol–water partition coefficient (Wildman–Crippen LogP) is -3.77. The zero-order chi connectivity index (χ0) is 45.1. The number of benzene rings is 1. The lowest BCUT2D eigenvalue weighted by molar-refractivity contribution is -0.145. The lowest BCUT2D eigenvalue weighted by Gasteiger charge is -2.31. The number of nitrogens with one attached hydrogen (secondary N) is 5. The van der Waals surface area contributed by atoms with Crippen LogP contribution in [0.1, 0.15) is 64.4 Å². The molecule has 60 heavy (non-hydrogen) atoms. The highest BCUT2D eigenvalue weighted by Crippen LogP contribution is 2.21. The number of aliphatic hydroxyl groups is 1. The Hall–Kier alpha value is -5.68. The van der Waals surface area contributed by atoms with Crippen LogP contribution in [0.3, 0.4) is 0 Å². The standard InChI is InChI=1S/C37H59N11O11S/c1-19(38)30(52)43-23(6-4-15-42-37(40)41)31(53)45-25(14-17-60-3)35(57)48-16-5-7-27(48)34(56)44-24(12-13-28(39)51)32(54)46-26(18-21-8-10-22(50)11-9-21)33(55)47-29(20(2)49)36(58)59/h8-11,19-20,23-27,29,49-50H,4-7,12-18,38H2,1-3H3,(H2,39,51)(H,43,52)(H,44,56)(H,45,53)(H,46,54)(H,47,55)(H,58,59)(H4,40,41,42)/t19-,20+,23-,24-,25-,26-,27-,29-/m0/s1. The number of nitrogens with zero attached hydrogens (tertiary/aromatic N) is 2. The second-order valence-corrected chi connectivity index (χ2v) is 15.4. The molecule has 2 rings (SSSR count). The van der Waals surface area contributed by atoms with Crippen molar-refractivity contribution in [3.63, 3.8) is 0 Å². The number of nitrogens with two attached hydrogens (primary N) is 4. The van der Waals surface area contributed by atoms with Crippen molar-refractivity contribution in [2.45, 2.75) is 114 Å². The molecule has 0 aromatic heterocycles. The number of phenolic OH excluding ortho intramolecular Hbond substituents is 1. The monoisotopic (exact) mass is 865 g/mol. The molecular weight excluding hydrogens is 807 g/mol. The Kier molecular flexibility index (Phi) is 21.1. The fourth-order valence-corrected chi connectivity index (χ4v) is 6.63. The zero-order valence-corrected chi connectivity index (χ0v) is 34.7. The smallest absolute Gasteiger partial charge is 0.328 e. The van der Waals surface area contributed by atoms with Gasteiger partial charge in [0.25, 0.3) is 0 Å². The number of aliphatic imine (C=N–C) groups is 1. The van der Waals surface area contributed by atoms with Crippen LogP contribution in [0.25, 0.3) is 0 Å². The van der Waals surface area contributed by atoms with Gasteiger partial charge in [0.2, 0.25) is 41.4 Å². The van der Waals surface area contributed by atoms with Gasteiger partial charge >= 0.3 is 5.97 Å². The minimum absolute atomic E-state index is 0.0821. The summed E-state index contributed by atoms with van der Waals surface area (Å²) in [6.07, 6.45) is 0.473. The summed E-state index contributed by atoms with van der Waals surface area (Å²) in [6, 6.07) is -3.41. The van der Waals surface area contributed by atoms with E-state index in [9.17, 15) is 53.7 Å². The van der Waals surface area contributed by atoms with Crippen molar-refractivity contribution in [3.05, 3.63) is 29.8 Å². The maximum absolute atomic E-state index is 14.1. The Morgan fingerprint density at radius 1 is 0.833 bits per heavy atom. The van der Waals surface area contributed by atoms with Crippen LogP contribution in [-0.4, -0.2) is 147 Å². The summed E-state index contributed by atoms with van der Waals surface area (Å²) in [5.74, 6) is -6.75. The molecule has 0 radical (unpaired) electrons. The highest BCUT2D eigenvalue weighted by Gasteiger charge is 2.40. The lowest BCUT2D eigenvalue weighted by Crippen LogP contribution is -2.60. The number of hydrogen-bond acceptors (Lipinski definition) is 13. The summed E-state index contributed by atoms with van der Waals surface area (Å²) >= 11 is 1.41. The van der Waals surface area contributed by atoms with Crippen molar-refractivity contribution < 1.29 is 53.7 Å². The number of carboxylic acid groups (broad SMARTS) is 1. The van der Waals surface area contributed by atoms with Gasteiger partial charge in [0, 0.05) is 25.9 Å². The SMILES string of the molecule is CSCC[C@H](NC(=O)[C@H](CCCN=C(N)N)NC(=O)[C@H](C)N)C(=O)N1CCC[C@H]1C(=O)N[C@@H](CCC(N)=O)C(=O)N[C@@H](Cc1ccc(O)cc1)C(=O)N[C@H](C(=O)O)[C@@H](C)O. The van der Waals surface area contributed by atoms with Gasteiger partial charge in [0.05, 0.1) is 12.1 Å². The number of carboxylic acids is 1. The highest BCUT2D eigenvalue weighted by molar-refractivity contribution is 7.98. The molecule has 1 aromatic carbocycles. The third-order valence-electron chi connectivity index (χ3n) is 9.42. The molecule has 1 saturated heterocycles. The fourth-order valence-electron chi connectivity index (χ4n) is 6.16. The van der Waals surface area contributed by atoms with Crippen molar-refractivity contribution >= 4 is 65.0 Å². The van der Waals surface area contributed by atoms with E-state index in [0.29, 0.717) is 24.2 Å². The molecule has 23 heteroatoms. The van der Waals surface area contributed by atoms with Crippen LogP contribution in [0.2, 0.25) is 0 Å². The van der Waals surface area contributed by atoms with Gasteiger partial charge in [-0.25, -0.2) is 4.79 Å². The van der Waals surface area contributed by atoms with Gasteiger partial charge < -0.3 is 69.7 Å². The van der Waals surface area contributed by atoms with E-state index in [2.05, 4.69) is 31.6 Å². The molecule has 8 atom stereocenters. The summed E-state index contributed by atoms with van der Waals surface area (Å²) in [7, 11) is 0. The van der Waals surface area contributed by atoms with E-state index >= 15 is 0 Å². The molecule has 1 aromatic rings. The Morgan fingerprint density at radius 3 is 1.97 bits per heavy atom. The predicted molar refractivity (Wildman–Crippen MR) is 221 cm³/mol. The van der Waals surface area contributed by atoms with E-state index in [1.807, 2.05) is 0 Å². The number of thioether (sulfide) groups is 1. The minimum Gasteiger partial charge on any atom is -0.508 e. The van der Waals surface area contributed by atoms with Crippen molar-refractivity contribution in [3.8, 4) is 5.75 Å². The summed E-state index contributed by atoms with van der Waals surface area (Å²) in [6.45, 7) is 2.88. The molecule has 0 spiro atoms. The van der Waals surface area contributed by atoms with Gasteiger partial charge in [-0.05, 0) is 82.1 Å². The van der Waals surface area contributed by atoms with Crippen LogP contribution < -0.4 is 49.5 Å². The molecule has 1 heterocycles. The van der Waals surface area contributed by atoms with Crippen molar-refractivity contribution in [2.24, 2.45) is 27.9 Å². The van der Waals surface area contributed by atoms with E-state index in [0.717, 1.165) is 6.92 Å². The van der Waals surface area contributed by atoms with Crippen molar-refractivity contribution in [2.75, 3.05) is 25.1 Å². The van der Waals surface area contributed by atoms with Crippen LogP contribution >= 0.6 is 11.8 Å². The average Bonchev–Trinajstić information content (AvgIpc) is 3.68. The number of guanidine groups is 1. The maximum atomic E-state index is 14.1. The van der Waals surface area contributed by atoms with E-state index in [1.54, 1.807) is 6.26 Å². The Bertz CT molecular complexity index is 1690. The number of aliphatic carboxylic acids is 1. The van der Waals surface area contributed by atoms with Crippen LogP contribution in [0.4, 0.5) is 0 Å². The van der Waals surface area contributed by atoms with Crippen molar-refractivity contribution in [1.82, 2.24) is 31.5 Å². The van der Waals surface area contributed by atoms with E-state index in [-0.39, 0.29) is 63.3 Å². The van der Waals surface area contributed by atoms with Crippen molar-refractivity contribution in [1.29, 1.82) is 0 Å². The van der Waals surface area contributed by atoms with E-state index in [1.165, 1.54) is 47.9 Å². The van der Waals surface area contributed by atoms with Crippen LogP contribution in [0.5, 0.6) is 5.75 Å². The van der Waals surface area contributed by atoms with Gasteiger partial charge in [-0.15, -0.1) is 0 Å². The number of hydrogen-bond donors (Lipinski definition) is 12. The first-order valence-corrected chi connectivity index (χ1v) is 20.7. The molecule has 0 saturated carbocycles. The number of aliphatic hydroxyl groups excluding tert-OH is 1. The number of phenols is 1. The van der Waals surface area contributed by atoms with Crippen LogP contribution in [0, 0.1) is 0 Å². The summed E-state index contributed by atoms with van der Waals surface area (Å²) < 4.78 is 0. The second-order valence-electron chi connectivity index (χ2n) is 14.4. The van der Waals surface area contributed by atoms with Gasteiger partial charge in [-0.1, -0.05) is 12.1 Å². The number of carbonyl (C=O) groups excluding carboxylic acids is 7. The van der Waals surface area contributed by atoms with E-state index < -0.39 is 95.7 Å². The fraction of sp³-hybridized carbons (Fsp3) is 0.595. The molecule has 1 fully saturated rings. The first-order chi connectivity index (χ1) is 28.2. The average molecular weight is 866 g/mol. The number of amides is 7. The molecule has 0 unspecified atom stereocenters. The molecule has 334 valence electrons. The molecular formula is C37H59N11O11S. The Balaban J connectivity index is 2.35. The summed E-state index contributed by atoms with van der Waals surface area (Å²) in [5, 5.41) is 41.8. The zero-order valence-electron chi connectivity index (χ0n) is 33.9. The molecule has 0 aliphatic carbocycles. The van der Waals surface area contributed by atoms with Crippen LogP contribution in [-0.2, 0) is 44.8 Å². The normalized spacial score (nSPS) is 17.0. The molecule has 1 aliphatic heterocycles. The largest absolute Gasteiger partial charge is 0.508 e. The van der Waals surface area contributed by atoms with Crippen LogP contribution in [0.15, 0.2) is 29.3 Å². The topological polar surface area (TPSA) is 377 Å². The van der Waals surface area contributed by atoms with Gasteiger partial charge in [0.1, 0.15) is 36.0 Å². The second kappa shape index (κ2) is 25.1. The number of carbonyl (C=O) groups is 8. The lowest BCUT2D eigenvalue weighted by atomic mass is 10.0.